The molecule has 34 heavy (non-hydrogen) atoms. The molecular formula is C27H36N4O3. The van der Waals surface area contributed by atoms with Gasteiger partial charge in [0.2, 0.25) is 5.91 Å². The Bertz CT molecular complexity index is 945. The summed E-state index contributed by atoms with van der Waals surface area (Å²) in [6.45, 7) is 7.45. The van der Waals surface area contributed by atoms with Gasteiger partial charge in [-0.25, -0.2) is 0 Å². The van der Waals surface area contributed by atoms with Gasteiger partial charge in [-0.15, -0.1) is 0 Å². The summed E-state index contributed by atoms with van der Waals surface area (Å²) in [6.07, 6.45) is 7.63. The van der Waals surface area contributed by atoms with Gasteiger partial charge >= 0.3 is 0 Å². The Morgan fingerprint density at radius 1 is 0.794 bits per heavy atom. The summed E-state index contributed by atoms with van der Waals surface area (Å²) in [5.74, 6) is 0.702. The fraction of sp³-hybridized carbons (Fsp3) is 0.556. The minimum absolute atomic E-state index is 0.00671. The maximum atomic E-state index is 12.6. The third kappa shape index (κ3) is 5.30. The monoisotopic (exact) mass is 464 g/mol. The van der Waals surface area contributed by atoms with Gasteiger partial charge in [0.25, 0.3) is 5.91 Å². The van der Waals surface area contributed by atoms with Crippen molar-refractivity contribution in [1.29, 1.82) is 0 Å². The first-order chi connectivity index (χ1) is 16.7. The number of hydrogen-bond donors (Lipinski definition) is 0. The van der Waals surface area contributed by atoms with Crippen LogP contribution in [-0.4, -0.2) is 84.9 Å². The topological polar surface area (TPSA) is 60.2 Å². The van der Waals surface area contributed by atoms with Crippen molar-refractivity contribution in [2.24, 2.45) is 0 Å². The highest BCUT2D eigenvalue weighted by Crippen LogP contribution is 2.24. The van der Waals surface area contributed by atoms with Crippen LogP contribution < -0.4 is 4.90 Å². The van der Waals surface area contributed by atoms with Crippen molar-refractivity contribution in [1.82, 2.24) is 14.7 Å². The molecular weight excluding hydrogens is 428 g/mol. The number of carbonyl (C=O) groups excluding carboxylic acids is 2. The highest BCUT2D eigenvalue weighted by molar-refractivity contribution is 5.91. The third-order valence-electron chi connectivity index (χ3n) is 7.65. The maximum Gasteiger partial charge on any atom is 0.289 e. The lowest BCUT2D eigenvalue weighted by atomic mass is 10.0. The molecule has 2 aromatic rings. The van der Waals surface area contributed by atoms with Crippen molar-refractivity contribution in [3.05, 3.63) is 54.0 Å². The first-order valence-corrected chi connectivity index (χ1v) is 12.9. The number of hydrogen-bond acceptors (Lipinski definition) is 5. The maximum absolute atomic E-state index is 12.6. The Balaban J connectivity index is 1.09. The molecule has 0 aliphatic carbocycles. The third-order valence-corrected chi connectivity index (χ3v) is 7.65. The van der Waals surface area contributed by atoms with Gasteiger partial charge in [0.1, 0.15) is 0 Å². The van der Waals surface area contributed by atoms with Crippen LogP contribution in [0.25, 0.3) is 0 Å². The SMILES string of the molecule is O=C(Cc1ccc(N2CCC(N3CCCN(C(=O)c4ccco4)CC3)CC2)cc1)N1CCCC1. The predicted octanol–water partition coefficient (Wildman–Crippen LogP) is 3.26. The van der Waals surface area contributed by atoms with Crippen molar-refractivity contribution in [2.45, 2.75) is 44.6 Å². The molecule has 0 saturated carbocycles. The molecule has 7 heteroatoms. The summed E-state index contributed by atoms with van der Waals surface area (Å²) in [5, 5.41) is 0. The number of carbonyl (C=O) groups is 2. The number of amides is 2. The van der Waals surface area contributed by atoms with E-state index >= 15 is 0 Å². The number of anilines is 1. The molecule has 1 aromatic heterocycles. The molecule has 0 N–H and O–H groups in total. The van der Waals surface area contributed by atoms with Gasteiger partial charge in [0.05, 0.1) is 12.7 Å². The first-order valence-electron chi connectivity index (χ1n) is 12.9. The Labute approximate surface area is 202 Å². The van der Waals surface area contributed by atoms with Gasteiger partial charge in [0.15, 0.2) is 5.76 Å². The minimum atomic E-state index is 0.00671. The lowest BCUT2D eigenvalue weighted by Crippen LogP contribution is -2.46. The van der Waals surface area contributed by atoms with Gasteiger partial charge in [-0.05, 0) is 61.9 Å². The van der Waals surface area contributed by atoms with E-state index in [1.807, 2.05) is 9.80 Å². The summed E-state index contributed by atoms with van der Waals surface area (Å²) >= 11 is 0. The number of piperidine rings is 1. The first kappa shape index (κ1) is 23.0. The number of nitrogens with zero attached hydrogens (tertiary/aromatic N) is 4. The summed E-state index contributed by atoms with van der Waals surface area (Å²) < 4.78 is 5.31. The van der Waals surface area contributed by atoms with E-state index in [4.69, 9.17) is 4.42 Å². The van der Waals surface area contributed by atoms with Crippen LogP contribution in [0.15, 0.2) is 47.1 Å². The number of benzene rings is 1. The zero-order valence-electron chi connectivity index (χ0n) is 20.0. The molecule has 0 unspecified atom stereocenters. The quantitative estimate of drug-likeness (QED) is 0.680. The second-order valence-corrected chi connectivity index (χ2v) is 9.81. The predicted molar refractivity (Wildman–Crippen MR) is 132 cm³/mol. The Morgan fingerprint density at radius 2 is 1.53 bits per heavy atom. The zero-order valence-corrected chi connectivity index (χ0v) is 20.0. The summed E-state index contributed by atoms with van der Waals surface area (Å²) in [6, 6.07) is 12.7. The molecule has 182 valence electrons. The van der Waals surface area contributed by atoms with Crippen molar-refractivity contribution in [3.8, 4) is 0 Å². The van der Waals surface area contributed by atoms with E-state index in [9.17, 15) is 9.59 Å². The molecule has 4 heterocycles. The Kier molecular flexibility index (Phi) is 7.19. The van der Waals surface area contributed by atoms with Crippen molar-refractivity contribution in [3.63, 3.8) is 0 Å². The summed E-state index contributed by atoms with van der Waals surface area (Å²) in [4.78, 5) is 34.0. The minimum Gasteiger partial charge on any atom is -0.459 e. The van der Waals surface area contributed by atoms with Crippen LogP contribution in [0.4, 0.5) is 5.69 Å². The largest absolute Gasteiger partial charge is 0.459 e. The average Bonchev–Trinajstić information content (AvgIpc) is 3.56. The smallest absolute Gasteiger partial charge is 0.289 e. The van der Waals surface area contributed by atoms with Crippen LogP contribution in [0.1, 0.15) is 48.2 Å². The van der Waals surface area contributed by atoms with E-state index in [0.717, 1.165) is 90.0 Å². The van der Waals surface area contributed by atoms with Gasteiger partial charge in [-0.3, -0.25) is 14.5 Å². The van der Waals surface area contributed by atoms with Crippen LogP contribution in [0.3, 0.4) is 0 Å². The molecule has 3 aliphatic rings. The molecule has 3 aliphatic heterocycles. The van der Waals surface area contributed by atoms with Crippen LogP contribution in [0.5, 0.6) is 0 Å². The Morgan fingerprint density at radius 3 is 2.24 bits per heavy atom. The normalized spacial score (nSPS) is 20.5. The standard InChI is InChI=1S/C27H36N4O3/c32-26(30-12-1-2-13-30)21-22-6-8-23(9-7-22)29-16-10-24(11-17-29)28-14-4-15-31(19-18-28)27(33)25-5-3-20-34-25/h3,5-9,20,24H,1-2,4,10-19,21H2. The molecule has 0 bridgehead atoms. The average molecular weight is 465 g/mol. The van der Waals surface area contributed by atoms with Crippen LogP contribution in [-0.2, 0) is 11.2 Å². The molecule has 7 nitrogen and oxygen atoms in total. The van der Waals surface area contributed by atoms with Gasteiger partial charge in [-0.2, -0.15) is 0 Å². The van der Waals surface area contributed by atoms with Gasteiger partial charge in [-0.1, -0.05) is 12.1 Å². The zero-order chi connectivity index (χ0) is 23.3. The number of rotatable bonds is 5. The van der Waals surface area contributed by atoms with Crippen molar-refractivity contribution < 1.29 is 14.0 Å². The number of likely N-dealkylation sites (tertiary alicyclic amines) is 1. The van der Waals surface area contributed by atoms with E-state index in [-0.39, 0.29) is 11.8 Å². The van der Waals surface area contributed by atoms with Crippen LogP contribution in [0, 0.1) is 0 Å². The Hall–Kier alpha value is -2.80. The fourth-order valence-electron chi connectivity index (χ4n) is 5.63. The molecule has 5 rings (SSSR count). The van der Waals surface area contributed by atoms with E-state index in [2.05, 4.69) is 34.1 Å². The number of furan rings is 1. The molecule has 2 amide bonds. The molecule has 3 fully saturated rings. The molecule has 3 saturated heterocycles. The fourth-order valence-corrected chi connectivity index (χ4v) is 5.63. The van der Waals surface area contributed by atoms with E-state index in [1.165, 1.54) is 5.69 Å². The summed E-state index contributed by atoms with van der Waals surface area (Å²) in [7, 11) is 0. The molecule has 1 aromatic carbocycles. The van der Waals surface area contributed by atoms with E-state index < -0.39 is 0 Å². The van der Waals surface area contributed by atoms with Gasteiger partial charge < -0.3 is 19.1 Å². The second-order valence-electron chi connectivity index (χ2n) is 9.81. The summed E-state index contributed by atoms with van der Waals surface area (Å²) in [5.41, 5.74) is 2.36. The van der Waals surface area contributed by atoms with Crippen LogP contribution in [0.2, 0.25) is 0 Å². The van der Waals surface area contributed by atoms with E-state index in [0.29, 0.717) is 18.2 Å². The highest BCUT2D eigenvalue weighted by Gasteiger charge is 2.28. The van der Waals surface area contributed by atoms with Crippen LogP contribution >= 0.6 is 0 Å². The molecule has 0 radical (unpaired) electrons. The second kappa shape index (κ2) is 10.6. The van der Waals surface area contributed by atoms with E-state index in [1.54, 1.807) is 18.4 Å². The van der Waals surface area contributed by atoms with Gasteiger partial charge in [0, 0.05) is 64.1 Å². The van der Waals surface area contributed by atoms with Crippen molar-refractivity contribution in [2.75, 3.05) is 57.3 Å². The molecule has 0 spiro atoms. The molecule has 0 atom stereocenters. The lowest BCUT2D eigenvalue weighted by molar-refractivity contribution is -0.129. The lowest BCUT2D eigenvalue weighted by Gasteiger charge is -2.39. The highest BCUT2D eigenvalue weighted by atomic mass is 16.3. The van der Waals surface area contributed by atoms with Crippen molar-refractivity contribution >= 4 is 17.5 Å².